The van der Waals surface area contributed by atoms with Crippen LogP contribution >= 0.6 is 11.6 Å². The molecular weight excluding hydrogens is 352 g/mol. The maximum atomic E-state index is 13.2. The van der Waals surface area contributed by atoms with Crippen molar-refractivity contribution in [1.29, 1.82) is 0 Å². The average molecular weight is 365 g/mol. The third-order valence-electron chi connectivity index (χ3n) is 4.63. The quantitative estimate of drug-likeness (QED) is 0.618. The first-order valence-electron chi connectivity index (χ1n) is 8.19. The average Bonchev–Trinajstić information content (AvgIpc) is 3.08. The monoisotopic (exact) mass is 364 g/mol. The molecule has 2 aliphatic heterocycles. The van der Waals surface area contributed by atoms with Gasteiger partial charge < -0.3 is 14.2 Å². The highest BCUT2D eigenvalue weighted by Crippen LogP contribution is 2.41. The van der Waals surface area contributed by atoms with Crippen molar-refractivity contribution in [2.45, 2.75) is 6.61 Å². The van der Waals surface area contributed by atoms with Crippen molar-refractivity contribution in [1.82, 2.24) is 0 Å². The van der Waals surface area contributed by atoms with Crippen LogP contribution in [0.5, 0.6) is 17.2 Å². The summed E-state index contributed by atoms with van der Waals surface area (Å²) in [5.74, 6) is 1.60. The maximum Gasteiger partial charge on any atom is 0.231 e. The van der Waals surface area contributed by atoms with E-state index < -0.39 is 0 Å². The number of benzene rings is 3. The molecule has 0 saturated heterocycles. The van der Waals surface area contributed by atoms with Crippen LogP contribution in [-0.4, -0.2) is 12.6 Å². The highest BCUT2D eigenvalue weighted by Gasteiger charge is 2.27. The van der Waals surface area contributed by atoms with Gasteiger partial charge in [-0.25, -0.2) is 0 Å². The van der Waals surface area contributed by atoms with Crippen molar-refractivity contribution >= 4 is 17.4 Å². The lowest BCUT2D eigenvalue weighted by atomic mass is 9.94. The summed E-state index contributed by atoms with van der Waals surface area (Å²) in [5.41, 5.74) is 3.93. The highest BCUT2D eigenvalue weighted by atomic mass is 35.5. The molecule has 0 bridgehead atoms. The van der Waals surface area contributed by atoms with E-state index in [0.717, 1.165) is 16.7 Å². The molecule has 0 amide bonds. The molecule has 2 aliphatic rings. The van der Waals surface area contributed by atoms with E-state index in [2.05, 4.69) is 0 Å². The Balaban J connectivity index is 1.62. The summed E-state index contributed by atoms with van der Waals surface area (Å²) >= 11 is 5.97. The fourth-order valence-electron chi connectivity index (χ4n) is 3.26. The Morgan fingerprint density at radius 3 is 2.27 bits per heavy atom. The summed E-state index contributed by atoms with van der Waals surface area (Å²) in [7, 11) is 0. The van der Waals surface area contributed by atoms with E-state index in [1.165, 1.54) is 0 Å². The van der Waals surface area contributed by atoms with E-state index in [4.69, 9.17) is 25.8 Å². The predicted molar refractivity (Wildman–Crippen MR) is 97.2 cm³/mol. The lowest BCUT2D eigenvalue weighted by molar-refractivity contribution is 0.103. The molecule has 3 aromatic carbocycles. The Kier molecular flexibility index (Phi) is 3.40. The Hall–Kier alpha value is -2.98. The maximum absolute atomic E-state index is 13.2. The zero-order chi connectivity index (χ0) is 17.7. The topological polar surface area (TPSA) is 44.8 Å². The number of carbonyl (C=O) groups excluding carboxylic acids is 1. The summed E-state index contributed by atoms with van der Waals surface area (Å²) in [6.07, 6.45) is 0. The Bertz CT molecular complexity index is 1040. The van der Waals surface area contributed by atoms with Gasteiger partial charge in [-0.2, -0.15) is 0 Å². The highest BCUT2D eigenvalue weighted by molar-refractivity contribution is 6.30. The number of hydrogen-bond donors (Lipinski definition) is 0. The van der Waals surface area contributed by atoms with Gasteiger partial charge in [0.2, 0.25) is 6.79 Å². The summed E-state index contributed by atoms with van der Waals surface area (Å²) < 4.78 is 16.6. The molecule has 0 aromatic heterocycles. The minimum atomic E-state index is -0.0818. The van der Waals surface area contributed by atoms with E-state index in [1.54, 1.807) is 12.1 Å². The van der Waals surface area contributed by atoms with Crippen molar-refractivity contribution in [3.05, 3.63) is 76.3 Å². The standard InChI is InChI=1S/C21H13ClO4/c22-15-5-3-12(4-6-15)13-1-2-14-10-24-18-9-20-19(25-11-26-20)8-17(18)21(23)16(14)7-13/h1-9H,10-11H2. The lowest BCUT2D eigenvalue weighted by Gasteiger charge is -2.08. The Morgan fingerprint density at radius 2 is 1.46 bits per heavy atom. The molecule has 0 N–H and O–H groups in total. The van der Waals surface area contributed by atoms with E-state index in [-0.39, 0.29) is 12.6 Å². The first kappa shape index (κ1) is 15.3. The summed E-state index contributed by atoms with van der Waals surface area (Å²) in [6.45, 7) is 0.484. The third-order valence-corrected chi connectivity index (χ3v) is 4.89. The van der Waals surface area contributed by atoms with Gasteiger partial charge in [-0.1, -0.05) is 35.9 Å². The first-order valence-corrected chi connectivity index (χ1v) is 8.57. The number of ether oxygens (including phenoxy) is 3. The number of rotatable bonds is 1. The lowest BCUT2D eigenvalue weighted by Crippen LogP contribution is -2.03. The number of carbonyl (C=O) groups is 1. The first-order chi connectivity index (χ1) is 12.7. The molecular formula is C21H13ClO4. The van der Waals surface area contributed by atoms with Crippen LogP contribution in [0.3, 0.4) is 0 Å². The van der Waals surface area contributed by atoms with Gasteiger partial charge in [0.25, 0.3) is 0 Å². The van der Waals surface area contributed by atoms with Gasteiger partial charge >= 0.3 is 0 Å². The van der Waals surface area contributed by atoms with Crippen molar-refractivity contribution < 1.29 is 19.0 Å². The second-order valence-electron chi connectivity index (χ2n) is 6.20. The molecule has 0 saturated carbocycles. The third kappa shape index (κ3) is 2.42. The zero-order valence-electron chi connectivity index (χ0n) is 13.6. The zero-order valence-corrected chi connectivity index (χ0v) is 14.4. The molecule has 3 aromatic rings. The number of ketones is 1. The smallest absolute Gasteiger partial charge is 0.231 e. The van der Waals surface area contributed by atoms with Gasteiger partial charge in [-0.3, -0.25) is 4.79 Å². The summed E-state index contributed by atoms with van der Waals surface area (Å²) in [5, 5.41) is 0.679. The van der Waals surface area contributed by atoms with Crippen molar-refractivity contribution in [2.24, 2.45) is 0 Å². The Morgan fingerprint density at radius 1 is 0.731 bits per heavy atom. The fourth-order valence-corrected chi connectivity index (χ4v) is 3.38. The minimum Gasteiger partial charge on any atom is -0.488 e. The molecule has 0 unspecified atom stereocenters. The van der Waals surface area contributed by atoms with Gasteiger partial charge in [0.1, 0.15) is 12.4 Å². The molecule has 5 heteroatoms. The Labute approximate surface area is 154 Å². The molecule has 128 valence electrons. The van der Waals surface area contributed by atoms with E-state index in [1.807, 2.05) is 42.5 Å². The van der Waals surface area contributed by atoms with E-state index in [9.17, 15) is 4.79 Å². The van der Waals surface area contributed by atoms with E-state index >= 15 is 0 Å². The number of hydrogen-bond acceptors (Lipinski definition) is 4. The second-order valence-corrected chi connectivity index (χ2v) is 6.63. The second kappa shape index (κ2) is 5.78. The van der Waals surface area contributed by atoms with Crippen molar-refractivity contribution in [2.75, 3.05) is 6.79 Å². The van der Waals surface area contributed by atoms with Crippen LogP contribution < -0.4 is 14.2 Å². The van der Waals surface area contributed by atoms with Gasteiger partial charge in [0.15, 0.2) is 17.3 Å². The van der Waals surface area contributed by atoms with Gasteiger partial charge in [0.05, 0.1) is 5.56 Å². The van der Waals surface area contributed by atoms with Gasteiger partial charge in [-0.05, 0) is 35.4 Å². The van der Waals surface area contributed by atoms with E-state index in [0.29, 0.717) is 40.0 Å². The van der Waals surface area contributed by atoms with Gasteiger partial charge in [0, 0.05) is 22.2 Å². The molecule has 26 heavy (non-hydrogen) atoms. The van der Waals surface area contributed by atoms with Crippen LogP contribution in [0, 0.1) is 0 Å². The molecule has 2 heterocycles. The van der Waals surface area contributed by atoms with Crippen molar-refractivity contribution in [3.8, 4) is 28.4 Å². The van der Waals surface area contributed by atoms with Crippen LogP contribution in [0.25, 0.3) is 11.1 Å². The van der Waals surface area contributed by atoms with Crippen molar-refractivity contribution in [3.63, 3.8) is 0 Å². The van der Waals surface area contributed by atoms with Crippen LogP contribution in [0.4, 0.5) is 0 Å². The summed E-state index contributed by atoms with van der Waals surface area (Å²) in [6, 6.07) is 16.8. The normalized spacial score (nSPS) is 14.3. The predicted octanol–water partition coefficient (Wildman–Crippen LogP) is 4.86. The molecule has 0 fully saturated rings. The number of fused-ring (bicyclic) bond motifs is 3. The molecule has 0 spiro atoms. The van der Waals surface area contributed by atoms with Crippen LogP contribution in [-0.2, 0) is 6.61 Å². The summed E-state index contributed by atoms with van der Waals surface area (Å²) in [4.78, 5) is 13.2. The SMILES string of the molecule is O=C1c2cc(-c3ccc(Cl)cc3)ccc2COc2cc3c(cc21)OCO3. The minimum absolute atomic E-state index is 0.0818. The number of halogens is 1. The van der Waals surface area contributed by atoms with Crippen LogP contribution in [0.2, 0.25) is 5.02 Å². The molecule has 0 atom stereocenters. The van der Waals surface area contributed by atoms with Gasteiger partial charge in [-0.15, -0.1) is 0 Å². The van der Waals surface area contributed by atoms with Crippen LogP contribution in [0.1, 0.15) is 21.5 Å². The molecule has 5 rings (SSSR count). The molecule has 0 radical (unpaired) electrons. The van der Waals surface area contributed by atoms with Crippen LogP contribution in [0.15, 0.2) is 54.6 Å². The molecule has 4 nitrogen and oxygen atoms in total. The largest absolute Gasteiger partial charge is 0.488 e. The molecule has 0 aliphatic carbocycles. The fraction of sp³-hybridized carbons (Fsp3) is 0.0952.